The summed E-state index contributed by atoms with van der Waals surface area (Å²) in [6, 6.07) is 10.1. The molecule has 0 radical (unpaired) electrons. The van der Waals surface area contributed by atoms with Crippen molar-refractivity contribution in [3.63, 3.8) is 0 Å². The summed E-state index contributed by atoms with van der Waals surface area (Å²) in [6.07, 6.45) is 3.05. The largest absolute Gasteiger partial charge is 0.480 e. The number of nitrogens with one attached hydrogen (secondary N) is 2. The van der Waals surface area contributed by atoms with Gasteiger partial charge in [0.2, 0.25) is 5.88 Å². The fourth-order valence-electron chi connectivity index (χ4n) is 3.26. The van der Waals surface area contributed by atoms with Crippen LogP contribution in [0.4, 0.5) is 5.69 Å². The van der Waals surface area contributed by atoms with Gasteiger partial charge in [0.15, 0.2) is 11.5 Å². The molecule has 0 atom stereocenters. The van der Waals surface area contributed by atoms with E-state index in [0.29, 0.717) is 11.1 Å². The summed E-state index contributed by atoms with van der Waals surface area (Å²) in [6.45, 7) is 1.54. The summed E-state index contributed by atoms with van der Waals surface area (Å²) < 4.78 is 7.83. The molecule has 0 aliphatic carbocycles. The fourth-order valence-corrected chi connectivity index (χ4v) is 3.46. The van der Waals surface area contributed by atoms with Crippen molar-refractivity contribution in [1.29, 1.82) is 5.26 Å². The second-order valence-corrected chi connectivity index (χ2v) is 7.21. The van der Waals surface area contributed by atoms with Gasteiger partial charge in [-0.25, -0.2) is 14.2 Å². The van der Waals surface area contributed by atoms with Crippen LogP contribution < -0.4 is 15.4 Å². The van der Waals surface area contributed by atoms with Crippen LogP contribution in [0.15, 0.2) is 42.7 Å². The topological polar surface area (TPSA) is 139 Å². The predicted molar refractivity (Wildman–Crippen MR) is 119 cm³/mol. The Morgan fingerprint density at radius 2 is 2.06 bits per heavy atom. The molecule has 0 saturated carbocycles. The highest BCUT2D eigenvalue weighted by atomic mass is 35.5. The third-order valence-electron chi connectivity index (χ3n) is 4.73. The summed E-state index contributed by atoms with van der Waals surface area (Å²) in [7, 11) is 1.42. The van der Waals surface area contributed by atoms with Crippen LogP contribution in [-0.2, 0) is 0 Å². The van der Waals surface area contributed by atoms with E-state index in [4.69, 9.17) is 21.6 Å². The number of aryl methyl sites for hydroxylation is 1. The molecule has 2 amide bonds. The van der Waals surface area contributed by atoms with Crippen molar-refractivity contribution in [1.82, 2.24) is 29.7 Å². The average molecular weight is 465 g/mol. The molecule has 0 aliphatic rings. The molecule has 0 bridgehead atoms. The van der Waals surface area contributed by atoms with Gasteiger partial charge < -0.3 is 15.4 Å². The van der Waals surface area contributed by atoms with Crippen LogP contribution in [0, 0.1) is 18.3 Å². The van der Waals surface area contributed by atoms with Crippen molar-refractivity contribution >= 4 is 34.6 Å². The monoisotopic (exact) mass is 464 g/mol. The van der Waals surface area contributed by atoms with E-state index in [-0.39, 0.29) is 40.3 Å². The summed E-state index contributed by atoms with van der Waals surface area (Å²) in [5.74, 6) is -0.744. The van der Waals surface area contributed by atoms with Crippen LogP contribution in [0.5, 0.6) is 5.88 Å². The molecule has 4 aromatic heterocycles. The number of hydrogen-bond donors (Lipinski definition) is 2. The SMILES string of the molecule is COc1cc(C(=O)Nc2c(C)cc3ccnn3c2C(=O)NCC#N)n(-c2ncccc2Cl)n1. The number of methoxy groups -OCH3 is 1. The van der Waals surface area contributed by atoms with E-state index in [1.54, 1.807) is 31.2 Å². The fraction of sp³-hybridized carbons (Fsp3) is 0.143. The summed E-state index contributed by atoms with van der Waals surface area (Å²) >= 11 is 6.25. The normalized spacial score (nSPS) is 10.6. The molecular formula is C21H17ClN8O3. The lowest BCUT2D eigenvalue weighted by Crippen LogP contribution is -2.29. The average Bonchev–Trinajstić information content (AvgIpc) is 3.45. The van der Waals surface area contributed by atoms with Gasteiger partial charge in [0, 0.05) is 12.3 Å². The number of fused-ring (bicyclic) bond motifs is 1. The van der Waals surface area contributed by atoms with Crippen LogP contribution in [0.25, 0.3) is 11.3 Å². The van der Waals surface area contributed by atoms with Crippen molar-refractivity contribution in [3.05, 3.63) is 64.7 Å². The first kappa shape index (κ1) is 21.8. The Morgan fingerprint density at radius 1 is 1.24 bits per heavy atom. The molecule has 0 aliphatic heterocycles. The maximum Gasteiger partial charge on any atom is 0.274 e. The number of hydrogen-bond acceptors (Lipinski definition) is 7. The molecule has 0 unspecified atom stereocenters. The Kier molecular flexibility index (Phi) is 5.93. The molecule has 4 rings (SSSR count). The zero-order chi connectivity index (χ0) is 23.5. The lowest BCUT2D eigenvalue weighted by atomic mass is 10.1. The molecule has 0 aromatic carbocycles. The highest BCUT2D eigenvalue weighted by Crippen LogP contribution is 2.26. The quantitative estimate of drug-likeness (QED) is 0.417. The highest BCUT2D eigenvalue weighted by Gasteiger charge is 2.24. The third-order valence-corrected chi connectivity index (χ3v) is 5.02. The Balaban J connectivity index is 1.80. The molecule has 11 nitrogen and oxygen atoms in total. The molecule has 4 aromatic rings. The summed E-state index contributed by atoms with van der Waals surface area (Å²) in [4.78, 5) is 30.4. The van der Waals surface area contributed by atoms with E-state index >= 15 is 0 Å². The minimum atomic E-state index is -0.587. The zero-order valence-corrected chi connectivity index (χ0v) is 18.3. The van der Waals surface area contributed by atoms with Crippen molar-refractivity contribution in [2.75, 3.05) is 19.0 Å². The van der Waals surface area contributed by atoms with E-state index < -0.39 is 11.8 Å². The van der Waals surface area contributed by atoms with Crippen molar-refractivity contribution < 1.29 is 14.3 Å². The van der Waals surface area contributed by atoms with E-state index in [2.05, 4.69) is 25.8 Å². The highest BCUT2D eigenvalue weighted by molar-refractivity contribution is 6.32. The molecule has 2 N–H and O–H groups in total. The van der Waals surface area contributed by atoms with Gasteiger partial charge in [-0.2, -0.15) is 10.4 Å². The van der Waals surface area contributed by atoms with Gasteiger partial charge in [0.25, 0.3) is 11.8 Å². The van der Waals surface area contributed by atoms with Crippen molar-refractivity contribution in [2.45, 2.75) is 6.92 Å². The number of nitriles is 1. The van der Waals surface area contributed by atoms with Gasteiger partial charge in [-0.15, -0.1) is 5.10 Å². The number of pyridine rings is 2. The first-order chi connectivity index (χ1) is 15.9. The molecule has 4 heterocycles. The number of anilines is 1. The second-order valence-electron chi connectivity index (χ2n) is 6.81. The molecule has 166 valence electrons. The maximum absolute atomic E-state index is 13.4. The van der Waals surface area contributed by atoms with E-state index in [9.17, 15) is 9.59 Å². The van der Waals surface area contributed by atoms with Gasteiger partial charge >= 0.3 is 0 Å². The van der Waals surface area contributed by atoms with Gasteiger partial charge in [-0.05, 0) is 36.8 Å². The number of halogens is 1. The van der Waals surface area contributed by atoms with Crippen LogP contribution in [0.2, 0.25) is 5.02 Å². The standard InChI is InChI=1S/C21H17ClN8O3/c1-12-10-13-5-8-26-29(13)18(21(32)25-9-6-23)17(12)27-20(31)15-11-16(33-2)28-30(15)19-14(22)4-3-7-24-19/h3-5,7-8,10-11H,9H2,1-2H3,(H,25,32)(H,27,31). The predicted octanol–water partition coefficient (Wildman–Crippen LogP) is 2.39. The van der Waals surface area contributed by atoms with Gasteiger partial charge in [-0.1, -0.05) is 11.6 Å². The molecule has 33 heavy (non-hydrogen) atoms. The number of carbonyl (C=O) groups is 2. The zero-order valence-electron chi connectivity index (χ0n) is 17.5. The first-order valence-electron chi connectivity index (χ1n) is 9.63. The van der Waals surface area contributed by atoms with Gasteiger partial charge in [0.05, 0.1) is 35.6 Å². The molecular weight excluding hydrogens is 448 g/mol. The first-order valence-corrected chi connectivity index (χ1v) is 10.0. The number of aromatic nitrogens is 5. The van der Waals surface area contributed by atoms with E-state index in [0.717, 1.165) is 0 Å². The lowest BCUT2D eigenvalue weighted by Gasteiger charge is -2.15. The van der Waals surface area contributed by atoms with Gasteiger partial charge in [-0.3, -0.25) is 9.59 Å². The lowest BCUT2D eigenvalue weighted by molar-refractivity contribution is 0.0952. The Bertz CT molecular complexity index is 1420. The minimum absolute atomic E-state index is 0.0764. The minimum Gasteiger partial charge on any atom is -0.480 e. The Labute approximate surface area is 192 Å². The Hall–Kier alpha value is -4.43. The van der Waals surface area contributed by atoms with Crippen molar-refractivity contribution in [2.24, 2.45) is 0 Å². The molecule has 0 fully saturated rings. The maximum atomic E-state index is 13.4. The molecule has 12 heteroatoms. The van der Waals surface area contributed by atoms with Crippen LogP contribution in [0.1, 0.15) is 26.5 Å². The molecule has 0 saturated heterocycles. The van der Waals surface area contributed by atoms with E-state index in [1.807, 2.05) is 6.07 Å². The number of rotatable bonds is 6. The van der Waals surface area contributed by atoms with Crippen LogP contribution in [0.3, 0.4) is 0 Å². The third kappa shape index (κ3) is 4.07. The Morgan fingerprint density at radius 3 is 2.79 bits per heavy atom. The van der Waals surface area contributed by atoms with E-state index in [1.165, 1.54) is 34.8 Å². The molecule has 0 spiro atoms. The number of carbonyl (C=O) groups excluding carboxylic acids is 2. The van der Waals surface area contributed by atoms with Gasteiger partial charge in [0.1, 0.15) is 12.2 Å². The summed E-state index contributed by atoms with van der Waals surface area (Å²) in [5, 5.41) is 22.8. The number of ether oxygens (including phenoxy) is 1. The number of nitrogens with zero attached hydrogens (tertiary/aromatic N) is 6. The number of amides is 2. The van der Waals surface area contributed by atoms with Crippen LogP contribution in [-0.4, -0.2) is 49.8 Å². The smallest absolute Gasteiger partial charge is 0.274 e. The second kappa shape index (κ2) is 8.97. The summed E-state index contributed by atoms with van der Waals surface area (Å²) in [5.41, 5.74) is 1.65. The van der Waals surface area contributed by atoms with Crippen LogP contribution >= 0.6 is 11.6 Å². The van der Waals surface area contributed by atoms with Crippen molar-refractivity contribution in [3.8, 4) is 17.8 Å².